The summed E-state index contributed by atoms with van der Waals surface area (Å²) in [4.78, 5) is 15.3. The number of carboxylic acids is 1. The molecule has 0 spiro atoms. The first kappa shape index (κ1) is 20.9. The summed E-state index contributed by atoms with van der Waals surface area (Å²) >= 11 is 1.76. The van der Waals surface area contributed by atoms with E-state index in [2.05, 4.69) is 23.3 Å². The van der Waals surface area contributed by atoms with E-state index in [0.717, 1.165) is 49.4 Å². The molecule has 0 amide bonds. The Bertz CT molecular complexity index is 895. The molecule has 150 valence electrons. The molecular formula is C22H26ClNO3S. The van der Waals surface area contributed by atoms with Gasteiger partial charge in [0.15, 0.2) is 0 Å². The summed E-state index contributed by atoms with van der Waals surface area (Å²) in [6, 6.07) is 8.02. The number of hydrogen-bond acceptors (Lipinski definition) is 4. The zero-order chi connectivity index (χ0) is 19.0. The van der Waals surface area contributed by atoms with Crippen LogP contribution in [-0.2, 0) is 11.4 Å². The van der Waals surface area contributed by atoms with Crippen LogP contribution in [0.4, 0.5) is 0 Å². The molecule has 1 aromatic heterocycles. The molecule has 1 unspecified atom stereocenters. The summed E-state index contributed by atoms with van der Waals surface area (Å²) < 4.78 is 6.11. The Morgan fingerprint density at radius 2 is 2.04 bits per heavy atom. The van der Waals surface area contributed by atoms with Gasteiger partial charge < -0.3 is 14.7 Å². The number of piperidine rings is 1. The lowest BCUT2D eigenvalue weighted by Crippen LogP contribution is -2.30. The quantitative estimate of drug-likeness (QED) is 0.745. The molecule has 1 N–H and O–H groups in total. The van der Waals surface area contributed by atoms with Crippen LogP contribution >= 0.6 is 23.7 Å². The monoisotopic (exact) mass is 419 g/mol. The Balaban J connectivity index is 0.00000225. The predicted octanol–water partition coefficient (Wildman–Crippen LogP) is 5.17. The third-order valence-electron chi connectivity index (χ3n) is 5.76. The van der Waals surface area contributed by atoms with Crippen molar-refractivity contribution < 1.29 is 14.6 Å². The molecule has 4 nitrogen and oxygen atoms in total. The Labute approximate surface area is 176 Å². The van der Waals surface area contributed by atoms with Crippen LogP contribution in [0.25, 0.3) is 5.57 Å². The Morgan fingerprint density at radius 1 is 1.29 bits per heavy atom. The summed E-state index contributed by atoms with van der Waals surface area (Å²) in [5.74, 6) is -0.471. The van der Waals surface area contributed by atoms with Gasteiger partial charge in [0, 0.05) is 34.7 Å². The van der Waals surface area contributed by atoms with Gasteiger partial charge in [-0.2, -0.15) is 0 Å². The van der Waals surface area contributed by atoms with Crippen molar-refractivity contribution >= 4 is 35.3 Å². The molecule has 1 fully saturated rings. The van der Waals surface area contributed by atoms with E-state index in [4.69, 9.17) is 4.74 Å². The molecule has 0 aliphatic carbocycles. The second-order valence-corrected chi connectivity index (χ2v) is 8.21. The SMILES string of the molecule is CCN1CCC(=C2c3cc(C(C)C(=O)O)ccc3OCc3ccsc32)CC1.Cl. The van der Waals surface area contributed by atoms with Gasteiger partial charge in [-0.25, -0.2) is 0 Å². The molecule has 0 radical (unpaired) electrons. The van der Waals surface area contributed by atoms with Crippen molar-refractivity contribution in [3.05, 3.63) is 56.8 Å². The molecule has 6 heteroatoms. The topological polar surface area (TPSA) is 49.8 Å². The van der Waals surface area contributed by atoms with Crippen LogP contribution in [0.5, 0.6) is 5.75 Å². The molecule has 0 bridgehead atoms. The highest BCUT2D eigenvalue weighted by atomic mass is 35.5. The fourth-order valence-electron chi connectivity index (χ4n) is 3.97. The average molecular weight is 420 g/mol. The van der Waals surface area contributed by atoms with E-state index >= 15 is 0 Å². The van der Waals surface area contributed by atoms with Crippen molar-refractivity contribution in [1.29, 1.82) is 0 Å². The van der Waals surface area contributed by atoms with Crippen LogP contribution < -0.4 is 4.74 Å². The highest BCUT2D eigenvalue weighted by Gasteiger charge is 2.27. The van der Waals surface area contributed by atoms with E-state index in [1.165, 1.54) is 21.6 Å². The van der Waals surface area contributed by atoms with Gasteiger partial charge in [-0.15, -0.1) is 23.7 Å². The number of carbonyl (C=O) groups is 1. The van der Waals surface area contributed by atoms with Crippen molar-refractivity contribution in [2.45, 2.75) is 39.2 Å². The number of thiophene rings is 1. The van der Waals surface area contributed by atoms with E-state index in [-0.39, 0.29) is 12.4 Å². The van der Waals surface area contributed by atoms with E-state index in [1.54, 1.807) is 18.3 Å². The highest BCUT2D eigenvalue weighted by Crippen LogP contribution is 2.44. The summed E-state index contributed by atoms with van der Waals surface area (Å²) in [6.45, 7) is 7.77. The Hall–Kier alpha value is -1.82. The van der Waals surface area contributed by atoms with Crippen LogP contribution in [-0.4, -0.2) is 35.6 Å². The van der Waals surface area contributed by atoms with Gasteiger partial charge in [0.2, 0.25) is 0 Å². The van der Waals surface area contributed by atoms with Crippen molar-refractivity contribution in [1.82, 2.24) is 4.90 Å². The first-order valence-electron chi connectivity index (χ1n) is 9.59. The minimum atomic E-state index is -0.799. The lowest BCUT2D eigenvalue weighted by Gasteiger charge is -2.29. The van der Waals surface area contributed by atoms with Crippen molar-refractivity contribution in [2.24, 2.45) is 0 Å². The smallest absolute Gasteiger partial charge is 0.310 e. The van der Waals surface area contributed by atoms with Crippen molar-refractivity contribution in [3.63, 3.8) is 0 Å². The molecule has 1 atom stereocenters. The minimum Gasteiger partial charge on any atom is -0.488 e. The van der Waals surface area contributed by atoms with Crippen LogP contribution in [0.2, 0.25) is 0 Å². The Kier molecular flexibility index (Phi) is 6.48. The third-order valence-corrected chi connectivity index (χ3v) is 6.73. The summed E-state index contributed by atoms with van der Waals surface area (Å²) in [7, 11) is 0. The number of fused-ring (bicyclic) bond motifs is 2. The van der Waals surface area contributed by atoms with Gasteiger partial charge in [-0.05, 0) is 55.5 Å². The third kappa shape index (κ3) is 3.84. The molecule has 28 heavy (non-hydrogen) atoms. The average Bonchev–Trinajstić information content (AvgIpc) is 3.09. The largest absolute Gasteiger partial charge is 0.488 e. The minimum absolute atomic E-state index is 0. The number of ether oxygens (including phenoxy) is 1. The maximum atomic E-state index is 11.5. The Morgan fingerprint density at radius 3 is 2.71 bits per heavy atom. The lowest BCUT2D eigenvalue weighted by atomic mass is 9.88. The zero-order valence-corrected chi connectivity index (χ0v) is 17.9. The van der Waals surface area contributed by atoms with E-state index in [9.17, 15) is 9.90 Å². The maximum Gasteiger partial charge on any atom is 0.310 e. The molecule has 3 heterocycles. The summed E-state index contributed by atoms with van der Waals surface area (Å²) in [6.07, 6.45) is 2.11. The molecule has 2 aliphatic rings. The maximum absolute atomic E-state index is 11.5. The van der Waals surface area contributed by atoms with Gasteiger partial charge in [0.05, 0.1) is 5.92 Å². The first-order valence-corrected chi connectivity index (χ1v) is 10.5. The predicted molar refractivity (Wildman–Crippen MR) is 116 cm³/mol. The van der Waals surface area contributed by atoms with Crippen molar-refractivity contribution in [2.75, 3.05) is 19.6 Å². The van der Waals surface area contributed by atoms with Crippen LogP contribution in [0.1, 0.15) is 54.2 Å². The first-order chi connectivity index (χ1) is 13.1. The second kappa shape index (κ2) is 8.68. The van der Waals surface area contributed by atoms with Gasteiger partial charge in [0.1, 0.15) is 12.4 Å². The van der Waals surface area contributed by atoms with Gasteiger partial charge in [-0.3, -0.25) is 4.79 Å². The number of carboxylic acid groups (broad SMARTS) is 1. The number of likely N-dealkylation sites (tertiary alicyclic amines) is 1. The van der Waals surface area contributed by atoms with E-state index < -0.39 is 11.9 Å². The number of rotatable bonds is 3. The fourth-order valence-corrected chi connectivity index (χ4v) is 4.99. The van der Waals surface area contributed by atoms with E-state index in [1.807, 2.05) is 18.2 Å². The molecule has 1 saturated heterocycles. The normalized spacial score (nSPS) is 17.6. The summed E-state index contributed by atoms with van der Waals surface area (Å²) in [5, 5.41) is 11.6. The summed E-state index contributed by atoms with van der Waals surface area (Å²) in [5.41, 5.74) is 5.86. The number of halogens is 1. The second-order valence-electron chi connectivity index (χ2n) is 7.29. The highest BCUT2D eigenvalue weighted by molar-refractivity contribution is 7.11. The molecule has 1 aromatic carbocycles. The number of nitrogens with zero attached hydrogens (tertiary/aromatic N) is 1. The van der Waals surface area contributed by atoms with Crippen molar-refractivity contribution in [3.8, 4) is 5.75 Å². The fraction of sp³-hybridized carbons (Fsp3) is 0.409. The van der Waals surface area contributed by atoms with Crippen LogP contribution in [0.3, 0.4) is 0 Å². The number of aliphatic carboxylic acids is 1. The van der Waals surface area contributed by atoms with Crippen LogP contribution in [0, 0.1) is 0 Å². The standard InChI is InChI=1S/C22H25NO3S.ClH/c1-3-23-9-6-15(7-10-23)20-18-12-16(14(2)22(24)25)4-5-19(18)26-13-17-8-11-27-21(17)20;/h4-5,8,11-12,14H,3,6-7,9-10,13H2,1-2H3,(H,24,25);1H. The molecule has 0 saturated carbocycles. The molecule has 4 rings (SSSR count). The van der Waals surface area contributed by atoms with Gasteiger partial charge >= 0.3 is 5.97 Å². The van der Waals surface area contributed by atoms with Gasteiger partial charge in [-0.1, -0.05) is 18.6 Å². The number of benzene rings is 1. The molecular weight excluding hydrogens is 394 g/mol. The number of hydrogen-bond donors (Lipinski definition) is 1. The zero-order valence-electron chi connectivity index (χ0n) is 16.2. The van der Waals surface area contributed by atoms with Crippen LogP contribution in [0.15, 0.2) is 35.2 Å². The van der Waals surface area contributed by atoms with E-state index in [0.29, 0.717) is 6.61 Å². The molecule has 2 aliphatic heterocycles. The molecule has 2 aromatic rings. The van der Waals surface area contributed by atoms with Gasteiger partial charge in [0.25, 0.3) is 0 Å². The lowest BCUT2D eigenvalue weighted by molar-refractivity contribution is -0.138.